The van der Waals surface area contributed by atoms with E-state index >= 15 is 0 Å². The molecule has 0 aliphatic carbocycles. The number of hydrogen-bond donors (Lipinski definition) is 1. The third-order valence-electron chi connectivity index (χ3n) is 3.24. The monoisotopic (exact) mass is 321 g/mol. The predicted octanol–water partition coefficient (Wildman–Crippen LogP) is 3.63. The van der Waals surface area contributed by atoms with Crippen LogP contribution >= 0.6 is 11.6 Å². The molecular weight excluding hydrogens is 302 g/mol. The van der Waals surface area contributed by atoms with E-state index in [4.69, 9.17) is 16.1 Å². The number of aryl methyl sites for hydroxylation is 1. The molecule has 5 nitrogen and oxygen atoms in total. The molecule has 0 radical (unpaired) electrons. The van der Waals surface area contributed by atoms with E-state index in [2.05, 4.69) is 22.4 Å². The van der Waals surface area contributed by atoms with Crippen molar-refractivity contribution in [3.63, 3.8) is 0 Å². The summed E-state index contributed by atoms with van der Waals surface area (Å²) in [5, 5.41) is 7.47. The quantitative estimate of drug-likeness (QED) is 0.754. The first kappa shape index (κ1) is 16.5. The minimum atomic E-state index is 0.0161. The van der Waals surface area contributed by atoms with E-state index < -0.39 is 0 Å². The second-order valence-corrected chi connectivity index (χ2v) is 5.51. The molecule has 0 fully saturated rings. The van der Waals surface area contributed by atoms with E-state index in [0.29, 0.717) is 29.6 Å². The van der Waals surface area contributed by atoms with Crippen LogP contribution in [0, 0.1) is 0 Å². The smallest absolute Gasteiger partial charge is 0.227 e. The minimum absolute atomic E-state index is 0.0161. The lowest BCUT2D eigenvalue weighted by Gasteiger charge is -2.02. The number of unbranched alkanes of at least 4 members (excludes halogenated alkanes) is 2. The maximum Gasteiger partial charge on any atom is 0.227 e. The van der Waals surface area contributed by atoms with Crippen LogP contribution < -0.4 is 5.32 Å². The maximum absolute atomic E-state index is 11.7. The van der Waals surface area contributed by atoms with Crippen LogP contribution in [0.5, 0.6) is 0 Å². The van der Waals surface area contributed by atoms with E-state index in [1.165, 1.54) is 0 Å². The van der Waals surface area contributed by atoms with Gasteiger partial charge >= 0.3 is 0 Å². The first-order valence-corrected chi connectivity index (χ1v) is 7.92. The summed E-state index contributed by atoms with van der Waals surface area (Å²) >= 11 is 5.84. The molecule has 0 saturated heterocycles. The molecule has 1 N–H and O–H groups in total. The van der Waals surface area contributed by atoms with Gasteiger partial charge in [-0.15, -0.1) is 0 Å². The summed E-state index contributed by atoms with van der Waals surface area (Å²) < 4.78 is 5.17. The number of aromatic nitrogens is 2. The van der Waals surface area contributed by atoms with E-state index in [0.717, 1.165) is 31.4 Å². The normalized spacial score (nSPS) is 10.6. The van der Waals surface area contributed by atoms with Crippen LogP contribution in [0.4, 0.5) is 0 Å². The highest BCUT2D eigenvalue weighted by atomic mass is 35.5. The summed E-state index contributed by atoms with van der Waals surface area (Å²) in [4.78, 5) is 16.0. The first-order chi connectivity index (χ1) is 10.7. The maximum atomic E-state index is 11.7. The Bertz CT molecular complexity index is 596. The van der Waals surface area contributed by atoms with Crippen LogP contribution in [0.25, 0.3) is 11.4 Å². The van der Waals surface area contributed by atoms with Gasteiger partial charge in [-0.2, -0.15) is 4.98 Å². The van der Waals surface area contributed by atoms with Gasteiger partial charge in [-0.1, -0.05) is 36.5 Å². The molecule has 0 aliphatic rings. The van der Waals surface area contributed by atoms with Gasteiger partial charge in [0.25, 0.3) is 0 Å². The lowest BCUT2D eigenvalue weighted by molar-refractivity contribution is -0.121. The molecule has 1 aromatic carbocycles. The van der Waals surface area contributed by atoms with Gasteiger partial charge in [0.1, 0.15) is 0 Å². The number of rotatable bonds is 8. The molecule has 1 aromatic heterocycles. The summed E-state index contributed by atoms with van der Waals surface area (Å²) in [5.41, 5.74) is 0.836. The van der Waals surface area contributed by atoms with E-state index in [-0.39, 0.29) is 5.91 Å². The fraction of sp³-hybridized carbons (Fsp3) is 0.438. The van der Waals surface area contributed by atoms with Crippen molar-refractivity contribution in [2.24, 2.45) is 0 Å². The molecule has 1 heterocycles. The van der Waals surface area contributed by atoms with Crippen LogP contribution in [-0.2, 0) is 11.2 Å². The van der Waals surface area contributed by atoms with Crippen molar-refractivity contribution in [2.45, 2.75) is 39.0 Å². The van der Waals surface area contributed by atoms with Gasteiger partial charge in [0.05, 0.1) is 0 Å². The van der Waals surface area contributed by atoms with Crippen LogP contribution in [0.1, 0.15) is 38.5 Å². The lowest BCUT2D eigenvalue weighted by atomic mass is 10.2. The van der Waals surface area contributed by atoms with Gasteiger partial charge in [0, 0.05) is 30.0 Å². The summed E-state index contributed by atoms with van der Waals surface area (Å²) in [6.45, 7) is 2.86. The average Bonchev–Trinajstić information content (AvgIpc) is 2.99. The topological polar surface area (TPSA) is 68.0 Å². The lowest BCUT2D eigenvalue weighted by Crippen LogP contribution is -2.24. The first-order valence-electron chi connectivity index (χ1n) is 7.54. The number of hydrogen-bond acceptors (Lipinski definition) is 4. The van der Waals surface area contributed by atoms with Gasteiger partial charge in [-0.25, -0.2) is 0 Å². The highest BCUT2D eigenvalue weighted by Crippen LogP contribution is 2.18. The Balaban J connectivity index is 1.79. The van der Waals surface area contributed by atoms with Crippen molar-refractivity contribution in [3.8, 4) is 11.4 Å². The Kier molecular flexibility index (Phi) is 6.40. The number of amides is 1. The number of halogens is 1. The van der Waals surface area contributed by atoms with Crippen molar-refractivity contribution >= 4 is 17.5 Å². The highest BCUT2D eigenvalue weighted by Gasteiger charge is 2.10. The van der Waals surface area contributed by atoms with Crippen LogP contribution in [0.2, 0.25) is 5.02 Å². The zero-order valence-corrected chi connectivity index (χ0v) is 13.4. The van der Waals surface area contributed by atoms with Gasteiger partial charge in [0.2, 0.25) is 17.6 Å². The van der Waals surface area contributed by atoms with Gasteiger partial charge < -0.3 is 9.84 Å². The standard InChI is InChI=1S/C16H20ClN3O2/c1-2-3-4-11-18-14(21)9-10-15-19-16(20-22-15)12-5-7-13(17)8-6-12/h5-8H,2-4,9-11H2,1H3,(H,18,21). The number of benzene rings is 1. The van der Waals surface area contributed by atoms with E-state index in [9.17, 15) is 4.79 Å². The van der Waals surface area contributed by atoms with Gasteiger partial charge in [-0.3, -0.25) is 4.79 Å². The zero-order valence-electron chi connectivity index (χ0n) is 12.6. The van der Waals surface area contributed by atoms with Gasteiger partial charge in [0.15, 0.2) is 0 Å². The molecule has 0 atom stereocenters. The molecule has 1 amide bonds. The number of carbonyl (C=O) groups excluding carboxylic acids is 1. The largest absolute Gasteiger partial charge is 0.356 e. The van der Waals surface area contributed by atoms with E-state index in [1.807, 2.05) is 12.1 Å². The van der Waals surface area contributed by atoms with Crippen LogP contribution in [0.3, 0.4) is 0 Å². The van der Waals surface area contributed by atoms with E-state index in [1.54, 1.807) is 12.1 Å². The molecule has 0 saturated carbocycles. The number of nitrogens with zero attached hydrogens (tertiary/aromatic N) is 2. The molecular formula is C16H20ClN3O2. The van der Waals surface area contributed by atoms with Gasteiger partial charge in [-0.05, 0) is 30.7 Å². The summed E-state index contributed by atoms with van der Waals surface area (Å²) in [6, 6.07) is 7.21. The third-order valence-corrected chi connectivity index (χ3v) is 3.49. The molecule has 0 aliphatic heterocycles. The summed E-state index contributed by atoms with van der Waals surface area (Å²) in [6.07, 6.45) is 4.10. The number of carbonyl (C=O) groups is 1. The SMILES string of the molecule is CCCCCNC(=O)CCc1nc(-c2ccc(Cl)cc2)no1. The van der Waals surface area contributed by atoms with Crippen molar-refractivity contribution < 1.29 is 9.32 Å². The zero-order chi connectivity index (χ0) is 15.8. The molecule has 22 heavy (non-hydrogen) atoms. The Labute approximate surface area is 135 Å². The predicted molar refractivity (Wildman–Crippen MR) is 85.6 cm³/mol. The fourth-order valence-electron chi connectivity index (χ4n) is 1.98. The number of nitrogens with one attached hydrogen (secondary N) is 1. The third kappa shape index (κ3) is 5.15. The Morgan fingerprint density at radius 1 is 1.27 bits per heavy atom. The Morgan fingerprint density at radius 3 is 2.77 bits per heavy atom. The molecule has 6 heteroatoms. The van der Waals surface area contributed by atoms with Crippen molar-refractivity contribution in [1.29, 1.82) is 0 Å². The minimum Gasteiger partial charge on any atom is -0.356 e. The summed E-state index contributed by atoms with van der Waals surface area (Å²) in [5.74, 6) is 0.992. The molecule has 0 bridgehead atoms. The summed E-state index contributed by atoms with van der Waals surface area (Å²) in [7, 11) is 0. The Hall–Kier alpha value is -1.88. The van der Waals surface area contributed by atoms with Crippen LogP contribution in [0.15, 0.2) is 28.8 Å². The molecule has 2 aromatic rings. The second-order valence-electron chi connectivity index (χ2n) is 5.08. The average molecular weight is 322 g/mol. The molecule has 118 valence electrons. The van der Waals surface area contributed by atoms with Crippen molar-refractivity contribution in [2.75, 3.05) is 6.54 Å². The molecule has 0 unspecified atom stereocenters. The molecule has 0 spiro atoms. The second kappa shape index (κ2) is 8.54. The fourth-order valence-corrected chi connectivity index (χ4v) is 2.11. The van der Waals surface area contributed by atoms with Crippen molar-refractivity contribution in [3.05, 3.63) is 35.2 Å². The van der Waals surface area contributed by atoms with Crippen LogP contribution in [-0.4, -0.2) is 22.6 Å². The highest BCUT2D eigenvalue weighted by molar-refractivity contribution is 6.30. The Morgan fingerprint density at radius 2 is 2.05 bits per heavy atom. The van der Waals surface area contributed by atoms with Crippen molar-refractivity contribution in [1.82, 2.24) is 15.5 Å². The molecule has 2 rings (SSSR count).